The van der Waals surface area contributed by atoms with Gasteiger partial charge in [0, 0.05) is 68.8 Å². The van der Waals surface area contributed by atoms with Gasteiger partial charge in [-0.2, -0.15) is 0 Å². The van der Waals surface area contributed by atoms with Crippen LogP contribution in [0.5, 0.6) is 0 Å². The predicted octanol–water partition coefficient (Wildman–Crippen LogP) is 28.1. The topological polar surface area (TPSA) is 142 Å². The first-order valence-corrected chi connectivity index (χ1v) is 39.5. The number of nitrogens with zero attached hydrogens (tertiary/aromatic N) is 10. The summed E-state index contributed by atoms with van der Waals surface area (Å²) in [5.41, 5.74) is 17.7. The average Bonchev–Trinajstić information content (AvgIpc) is 1.65. The van der Waals surface area contributed by atoms with Gasteiger partial charge in [0.05, 0.1) is 58.9 Å². The van der Waals surface area contributed by atoms with Gasteiger partial charge in [-0.1, -0.05) is 273 Å². The maximum absolute atomic E-state index is 6.24. The first kappa shape index (κ1) is 70.6. The molecule has 0 saturated heterocycles. The minimum Gasteiger partial charge on any atom is -0.452 e. The third-order valence-electron chi connectivity index (χ3n) is 18.8. The standard InChI is InChI=1S/C22H13ClN2S.C20H11ClN2S.C18H11ClN2.C16H9ClN2O.C16H9ClN2S/c23-22-24-19(21-20(25-22)17-8-4-5-9-18(17)26-21)16-12-10-15(11-13-16)14-6-2-1-3-7-14;21-20-22-17(14-10-9-12-5-1-2-6-13(12)11-14)19-18(23-20)15-7-3-4-8-16(15)24-19;19-18-20-16-8-4-3-7-15(16)17(21-18)14-10-9-12-5-1-2-6-13(12)11-14;2*17-16-18-13(10-6-2-1-3-7-10)15-14(19-16)11-8-4-5-9-12(11)20-15/h1-13H;1-11H;1-11H;2*1-9H. The zero-order valence-corrected chi connectivity index (χ0v) is 64.3. The van der Waals surface area contributed by atoms with Crippen molar-refractivity contribution in [1.82, 2.24) is 49.8 Å². The molecule has 0 aliphatic rings. The van der Waals surface area contributed by atoms with Crippen molar-refractivity contribution in [3.63, 3.8) is 0 Å². The summed E-state index contributed by atoms with van der Waals surface area (Å²) in [5.74, 6) is 0. The van der Waals surface area contributed by atoms with E-state index in [9.17, 15) is 0 Å². The van der Waals surface area contributed by atoms with Gasteiger partial charge in [0.15, 0.2) is 5.58 Å². The van der Waals surface area contributed by atoms with E-state index >= 15 is 0 Å². The lowest BCUT2D eigenvalue weighted by atomic mass is 10.0. The van der Waals surface area contributed by atoms with Gasteiger partial charge < -0.3 is 4.42 Å². The predicted molar refractivity (Wildman–Crippen MR) is 466 cm³/mol. The molecule has 530 valence electrons. The van der Waals surface area contributed by atoms with Gasteiger partial charge in [-0.3, -0.25) is 0 Å². The molecule has 22 aromatic rings. The number of hydrogen-bond donors (Lipinski definition) is 0. The number of benzene rings is 13. The zero-order chi connectivity index (χ0) is 74.9. The summed E-state index contributed by atoms with van der Waals surface area (Å²) in [4.78, 5) is 44.2. The van der Waals surface area contributed by atoms with Crippen LogP contribution in [0.2, 0.25) is 26.4 Å². The lowest BCUT2D eigenvalue weighted by molar-refractivity contribution is 0.667. The number of para-hydroxylation sites is 2. The highest BCUT2D eigenvalue weighted by atomic mass is 35.5. The SMILES string of the molecule is Clc1nc(-c2ccc(-c3ccccc3)cc2)c2sc3ccccc3c2n1.Clc1nc(-c2ccc3ccccc3c2)c2ccccc2n1.Clc1nc(-c2ccc3ccccc3c2)c2sc3ccccc3c2n1.Clc1nc(-c2ccccc2)c2oc3ccccc3c2n1.Clc1nc(-c2ccccc2)c2sc3ccccc3c2n1. The summed E-state index contributed by atoms with van der Waals surface area (Å²) in [6.45, 7) is 0. The first-order chi connectivity index (χ1) is 54.5. The van der Waals surface area contributed by atoms with Crippen LogP contribution in [0.3, 0.4) is 0 Å². The largest absolute Gasteiger partial charge is 0.452 e. The van der Waals surface area contributed by atoms with Gasteiger partial charge in [0.25, 0.3) is 0 Å². The van der Waals surface area contributed by atoms with E-state index in [1.54, 1.807) is 34.0 Å². The molecular weight excluding hydrogens is 1530 g/mol. The van der Waals surface area contributed by atoms with Crippen LogP contribution < -0.4 is 0 Å². The summed E-state index contributed by atoms with van der Waals surface area (Å²) in [6, 6.07) is 109. The van der Waals surface area contributed by atoms with Crippen molar-refractivity contribution >= 4 is 207 Å². The Morgan fingerprint density at radius 3 is 1.03 bits per heavy atom. The molecule has 0 N–H and O–H groups in total. The fourth-order valence-corrected chi connectivity index (χ4v) is 17.9. The molecule has 111 heavy (non-hydrogen) atoms. The van der Waals surface area contributed by atoms with Gasteiger partial charge in [0.1, 0.15) is 16.8 Å². The van der Waals surface area contributed by atoms with E-state index in [0.717, 1.165) is 130 Å². The molecule has 0 unspecified atom stereocenters. The van der Waals surface area contributed by atoms with Crippen LogP contribution >= 0.6 is 92.0 Å². The Balaban J connectivity index is 0.0000000975. The van der Waals surface area contributed by atoms with Crippen molar-refractivity contribution in [2.75, 3.05) is 0 Å². The number of furan rings is 1. The molecule has 0 aliphatic carbocycles. The van der Waals surface area contributed by atoms with Crippen LogP contribution in [0.25, 0.3) is 183 Å². The molecule has 11 nitrogen and oxygen atoms in total. The molecule has 9 heterocycles. The highest BCUT2D eigenvalue weighted by molar-refractivity contribution is 7.27. The Hall–Kier alpha value is -12.1. The van der Waals surface area contributed by atoms with Crippen molar-refractivity contribution in [2.45, 2.75) is 0 Å². The molecule has 19 heteroatoms. The normalized spacial score (nSPS) is 11.3. The van der Waals surface area contributed by atoms with Crippen LogP contribution in [-0.2, 0) is 0 Å². The van der Waals surface area contributed by atoms with E-state index < -0.39 is 0 Å². The highest BCUT2D eigenvalue weighted by Gasteiger charge is 2.21. The first-order valence-electron chi connectivity index (χ1n) is 35.1. The van der Waals surface area contributed by atoms with E-state index in [2.05, 4.69) is 183 Å². The molecule has 0 radical (unpaired) electrons. The van der Waals surface area contributed by atoms with Gasteiger partial charge in [-0.15, -0.1) is 34.0 Å². The second-order valence-electron chi connectivity index (χ2n) is 25.6. The third kappa shape index (κ3) is 14.6. The molecule has 0 amide bonds. The Morgan fingerprint density at radius 1 is 0.216 bits per heavy atom. The summed E-state index contributed by atoms with van der Waals surface area (Å²) >= 11 is 35.9. The van der Waals surface area contributed by atoms with E-state index in [1.807, 2.05) is 188 Å². The van der Waals surface area contributed by atoms with Gasteiger partial charge in [-0.05, 0) is 139 Å². The lowest BCUT2D eigenvalue weighted by Crippen LogP contribution is -1.91. The third-order valence-corrected chi connectivity index (χ3v) is 23.1. The number of fused-ring (bicyclic) bond motifs is 15. The van der Waals surface area contributed by atoms with Crippen molar-refractivity contribution in [3.8, 4) is 67.4 Å². The number of thiophene rings is 3. The van der Waals surface area contributed by atoms with Crippen LogP contribution in [0.15, 0.2) is 326 Å². The Labute approximate surface area is 671 Å². The van der Waals surface area contributed by atoms with E-state index in [0.29, 0.717) is 10.9 Å². The Kier molecular flexibility index (Phi) is 19.8. The molecule has 0 atom stereocenters. The lowest BCUT2D eigenvalue weighted by Gasteiger charge is -2.07. The summed E-state index contributed by atoms with van der Waals surface area (Å²) in [5, 5.41) is 11.5. The van der Waals surface area contributed by atoms with Crippen LogP contribution in [0.4, 0.5) is 0 Å². The Bertz CT molecular complexity index is 7100. The van der Waals surface area contributed by atoms with Crippen molar-refractivity contribution in [1.29, 1.82) is 0 Å². The fourth-order valence-electron chi connectivity index (χ4n) is 13.6. The van der Waals surface area contributed by atoms with Crippen LogP contribution in [0.1, 0.15) is 0 Å². The zero-order valence-electron chi connectivity index (χ0n) is 58.1. The second kappa shape index (κ2) is 31.1. The Morgan fingerprint density at radius 2 is 0.532 bits per heavy atom. The summed E-state index contributed by atoms with van der Waals surface area (Å²) in [6.07, 6.45) is 0. The smallest absolute Gasteiger partial charge is 0.223 e. The van der Waals surface area contributed by atoms with Gasteiger partial charge >= 0.3 is 0 Å². The molecule has 0 saturated carbocycles. The van der Waals surface area contributed by atoms with Gasteiger partial charge in [-0.25, -0.2) is 49.8 Å². The molecule has 13 aromatic carbocycles. The molecule has 0 bridgehead atoms. The quantitative estimate of drug-likeness (QED) is 0.147. The number of rotatable bonds is 6. The molecule has 0 spiro atoms. The van der Waals surface area contributed by atoms with E-state index in [-0.39, 0.29) is 21.1 Å². The summed E-state index contributed by atoms with van der Waals surface area (Å²) in [7, 11) is 0. The minimum absolute atomic E-state index is 0.225. The highest BCUT2D eigenvalue weighted by Crippen LogP contribution is 2.43. The maximum Gasteiger partial charge on any atom is 0.223 e. The molecule has 22 rings (SSSR count). The van der Waals surface area contributed by atoms with Gasteiger partial charge in [0.2, 0.25) is 26.4 Å². The van der Waals surface area contributed by atoms with Crippen molar-refractivity contribution < 1.29 is 4.42 Å². The van der Waals surface area contributed by atoms with Crippen LogP contribution in [-0.4, -0.2) is 49.8 Å². The summed E-state index contributed by atoms with van der Waals surface area (Å²) < 4.78 is 12.7. The number of aromatic nitrogens is 10. The molecule has 9 aromatic heterocycles. The van der Waals surface area contributed by atoms with E-state index in [4.69, 9.17) is 62.4 Å². The van der Waals surface area contributed by atoms with E-state index in [1.165, 1.54) is 46.8 Å². The average molecular weight is 1590 g/mol. The molecule has 0 fully saturated rings. The maximum atomic E-state index is 6.24. The van der Waals surface area contributed by atoms with Crippen molar-refractivity contribution in [2.24, 2.45) is 0 Å². The number of halogens is 5. The second-order valence-corrected chi connectivity index (χ2v) is 30.5. The molecular formula is C92H53Cl5N10OS3. The van der Waals surface area contributed by atoms with Crippen LogP contribution in [0, 0.1) is 0 Å². The molecule has 0 aliphatic heterocycles. The minimum atomic E-state index is 0.225. The van der Waals surface area contributed by atoms with Crippen molar-refractivity contribution in [3.05, 3.63) is 348 Å². The number of hydrogen-bond acceptors (Lipinski definition) is 14. The fraction of sp³-hybridized carbons (Fsp3) is 0. The monoisotopic (exact) mass is 1580 g/mol.